The standard InChI is InChI=1S/C12H7FN2O5/c13-7-3-4-10(9(6-7)15(18)19)20-11-8(12(16)17)2-1-5-14-11/h1-6H,(H,16,17). The average molecular weight is 278 g/mol. The summed E-state index contributed by atoms with van der Waals surface area (Å²) in [6.45, 7) is 0. The number of hydrogen-bond acceptors (Lipinski definition) is 5. The molecule has 0 unspecified atom stereocenters. The van der Waals surface area contributed by atoms with E-state index in [-0.39, 0.29) is 17.2 Å². The van der Waals surface area contributed by atoms with Crippen LogP contribution in [-0.2, 0) is 0 Å². The summed E-state index contributed by atoms with van der Waals surface area (Å²) < 4.78 is 18.1. The van der Waals surface area contributed by atoms with Crippen LogP contribution in [-0.4, -0.2) is 21.0 Å². The van der Waals surface area contributed by atoms with Crippen LogP contribution in [0.5, 0.6) is 11.6 Å². The van der Waals surface area contributed by atoms with Crippen molar-refractivity contribution in [1.82, 2.24) is 4.98 Å². The SMILES string of the molecule is O=C(O)c1cccnc1Oc1ccc(F)cc1[N+](=O)[O-]. The number of carbonyl (C=O) groups is 1. The summed E-state index contributed by atoms with van der Waals surface area (Å²) in [5.41, 5.74) is -0.877. The Balaban J connectivity index is 2.45. The zero-order valence-electron chi connectivity index (χ0n) is 9.82. The van der Waals surface area contributed by atoms with Crippen molar-refractivity contribution < 1.29 is 24.0 Å². The summed E-state index contributed by atoms with van der Waals surface area (Å²) in [5, 5.41) is 19.8. The fourth-order valence-electron chi connectivity index (χ4n) is 1.46. The van der Waals surface area contributed by atoms with Crippen LogP contribution in [0.25, 0.3) is 0 Å². The number of nitro groups is 1. The number of carboxylic acids is 1. The van der Waals surface area contributed by atoms with Crippen molar-refractivity contribution in [2.75, 3.05) is 0 Å². The third-order valence-corrected chi connectivity index (χ3v) is 2.33. The number of halogens is 1. The Morgan fingerprint density at radius 1 is 1.40 bits per heavy atom. The van der Waals surface area contributed by atoms with Gasteiger partial charge in [-0.25, -0.2) is 14.2 Å². The van der Waals surface area contributed by atoms with Gasteiger partial charge in [-0.05, 0) is 24.3 Å². The number of nitro benzene ring substituents is 1. The van der Waals surface area contributed by atoms with Gasteiger partial charge in [0.05, 0.1) is 11.0 Å². The molecule has 1 N–H and O–H groups in total. The van der Waals surface area contributed by atoms with Crippen LogP contribution in [0.2, 0.25) is 0 Å². The quantitative estimate of drug-likeness (QED) is 0.681. The van der Waals surface area contributed by atoms with Crippen LogP contribution in [0.4, 0.5) is 10.1 Å². The highest BCUT2D eigenvalue weighted by Crippen LogP contribution is 2.32. The summed E-state index contributed by atoms with van der Waals surface area (Å²) in [6.07, 6.45) is 1.27. The second-order valence-electron chi connectivity index (χ2n) is 3.63. The number of pyridine rings is 1. The number of rotatable bonds is 4. The largest absolute Gasteiger partial charge is 0.477 e. The second kappa shape index (κ2) is 5.31. The second-order valence-corrected chi connectivity index (χ2v) is 3.63. The summed E-state index contributed by atoms with van der Waals surface area (Å²) >= 11 is 0. The van der Waals surface area contributed by atoms with Crippen molar-refractivity contribution in [3.8, 4) is 11.6 Å². The van der Waals surface area contributed by atoms with E-state index in [0.29, 0.717) is 6.07 Å². The molecule has 2 rings (SSSR count). The van der Waals surface area contributed by atoms with E-state index in [9.17, 15) is 19.3 Å². The Morgan fingerprint density at radius 3 is 2.80 bits per heavy atom. The Morgan fingerprint density at radius 2 is 2.15 bits per heavy atom. The van der Waals surface area contributed by atoms with Gasteiger partial charge < -0.3 is 9.84 Å². The molecule has 0 amide bonds. The van der Waals surface area contributed by atoms with Crippen LogP contribution in [0, 0.1) is 15.9 Å². The molecule has 1 aromatic heterocycles. The first kappa shape index (κ1) is 13.4. The zero-order chi connectivity index (χ0) is 14.7. The molecule has 0 saturated carbocycles. The van der Waals surface area contributed by atoms with Gasteiger partial charge in [0.1, 0.15) is 11.4 Å². The molecule has 0 saturated heterocycles. The number of aromatic nitrogens is 1. The molecule has 20 heavy (non-hydrogen) atoms. The van der Waals surface area contributed by atoms with Crippen LogP contribution in [0.1, 0.15) is 10.4 Å². The van der Waals surface area contributed by atoms with E-state index in [0.717, 1.165) is 12.1 Å². The molecule has 8 heteroatoms. The minimum atomic E-state index is -1.29. The monoisotopic (exact) mass is 278 g/mol. The molecule has 0 bridgehead atoms. The van der Waals surface area contributed by atoms with Gasteiger partial charge in [-0.15, -0.1) is 0 Å². The fraction of sp³-hybridized carbons (Fsp3) is 0. The molecule has 0 fully saturated rings. The van der Waals surface area contributed by atoms with Crippen LogP contribution < -0.4 is 4.74 Å². The van der Waals surface area contributed by atoms with E-state index in [1.807, 2.05) is 0 Å². The molecule has 1 heterocycles. The summed E-state index contributed by atoms with van der Waals surface area (Å²) in [7, 11) is 0. The van der Waals surface area contributed by atoms with E-state index in [1.165, 1.54) is 18.3 Å². The maximum absolute atomic E-state index is 13.0. The maximum Gasteiger partial charge on any atom is 0.341 e. The number of ether oxygens (including phenoxy) is 1. The van der Waals surface area contributed by atoms with Crippen LogP contribution in [0.3, 0.4) is 0 Å². The summed E-state index contributed by atoms with van der Waals surface area (Å²) in [4.78, 5) is 24.6. The summed E-state index contributed by atoms with van der Waals surface area (Å²) in [5.74, 6) is -2.70. The molecule has 0 spiro atoms. The Bertz CT molecular complexity index is 689. The molecule has 0 aliphatic rings. The smallest absolute Gasteiger partial charge is 0.341 e. The lowest BCUT2D eigenvalue weighted by molar-refractivity contribution is -0.385. The minimum Gasteiger partial charge on any atom is -0.477 e. The number of benzene rings is 1. The van der Waals surface area contributed by atoms with E-state index < -0.39 is 22.4 Å². The lowest BCUT2D eigenvalue weighted by Gasteiger charge is -2.07. The van der Waals surface area contributed by atoms with Crippen molar-refractivity contribution in [3.63, 3.8) is 0 Å². The lowest BCUT2D eigenvalue weighted by Crippen LogP contribution is -2.02. The first-order valence-electron chi connectivity index (χ1n) is 5.29. The Labute approximate surface area is 111 Å². The Hall–Kier alpha value is -3.03. The van der Waals surface area contributed by atoms with E-state index in [2.05, 4.69) is 4.98 Å². The molecule has 0 radical (unpaired) electrons. The van der Waals surface area contributed by atoms with Crippen molar-refractivity contribution in [2.45, 2.75) is 0 Å². The van der Waals surface area contributed by atoms with E-state index in [4.69, 9.17) is 9.84 Å². The highest BCUT2D eigenvalue weighted by molar-refractivity contribution is 5.90. The molecule has 102 valence electrons. The van der Waals surface area contributed by atoms with Gasteiger partial charge in [0.15, 0.2) is 0 Å². The molecular weight excluding hydrogens is 271 g/mol. The minimum absolute atomic E-state index is 0.258. The normalized spacial score (nSPS) is 10.1. The third kappa shape index (κ3) is 2.69. The molecule has 0 atom stereocenters. The molecule has 0 aliphatic heterocycles. The van der Waals surface area contributed by atoms with Gasteiger partial charge in [-0.3, -0.25) is 10.1 Å². The highest BCUT2D eigenvalue weighted by Gasteiger charge is 2.20. The van der Waals surface area contributed by atoms with Gasteiger partial charge in [-0.1, -0.05) is 0 Å². The average Bonchev–Trinajstić information content (AvgIpc) is 2.41. The van der Waals surface area contributed by atoms with E-state index in [1.54, 1.807) is 0 Å². The highest BCUT2D eigenvalue weighted by atomic mass is 19.1. The first-order valence-corrected chi connectivity index (χ1v) is 5.29. The van der Waals surface area contributed by atoms with Crippen molar-refractivity contribution >= 4 is 11.7 Å². The first-order chi connectivity index (χ1) is 9.49. The summed E-state index contributed by atoms with van der Waals surface area (Å²) in [6, 6.07) is 5.30. The molecule has 2 aromatic rings. The van der Waals surface area contributed by atoms with Gasteiger partial charge in [0.2, 0.25) is 11.6 Å². The van der Waals surface area contributed by atoms with Crippen LogP contribution >= 0.6 is 0 Å². The number of aromatic carboxylic acids is 1. The zero-order valence-corrected chi connectivity index (χ0v) is 9.82. The molecule has 0 aliphatic carbocycles. The van der Waals surface area contributed by atoms with E-state index >= 15 is 0 Å². The lowest BCUT2D eigenvalue weighted by atomic mass is 10.2. The predicted octanol–water partition coefficient (Wildman–Crippen LogP) is 2.62. The molecular formula is C12H7FN2O5. The van der Waals surface area contributed by atoms with Gasteiger partial charge in [-0.2, -0.15) is 0 Å². The number of nitrogens with zero attached hydrogens (tertiary/aromatic N) is 2. The number of carboxylic acid groups (broad SMARTS) is 1. The van der Waals surface area contributed by atoms with Crippen LogP contribution in [0.15, 0.2) is 36.5 Å². The molecule has 1 aromatic carbocycles. The third-order valence-electron chi connectivity index (χ3n) is 2.33. The Kier molecular flexibility index (Phi) is 3.56. The number of hydrogen-bond donors (Lipinski definition) is 1. The van der Waals surface area contributed by atoms with Gasteiger partial charge in [0.25, 0.3) is 0 Å². The molecule has 7 nitrogen and oxygen atoms in total. The predicted molar refractivity (Wildman–Crippen MR) is 64.3 cm³/mol. The van der Waals surface area contributed by atoms with Crippen molar-refractivity contribution in [1.29, 1.82) is 0 Å². The fourth-order valence-corrected chi connectivity index (χ4v) is 1.46. The van der Waals surface area contributed by atoms with Gasteiger partial charge in [0, 0.05) is 6.20 Å². The van der Waals surface area contributed by atoms with Gasteiger partial charge >= 0.3 is 11.7 Å². The van der Waals surface area contributed by atoms with Crippen molar-refractivity contribution in [3.05, 3.63) is 58.0 Å². The van der Waals surface area contributed by atoms with Crippen molar-refractivity contribution in [2.24, 2.45) is 0 Å². The topological polar surface area (TPSA) is 103 Å². The maximum atomic E-state index is 13.0.